The van der Waals surface area contributed by atoms with Crippen LogP contribution in [0.2, 0.25) is 0 Å². The Morgan fingerprint density at radius 2 is 2.17 bits per heavy atom. The summed E-state index contributed by atoms with van der Waals surface area (Å²) in [5.74, 6) is 0. The number of amides is 1. The zero-order valence-corrected chi connectivity index (χ0v) is 16.0. The van der Waals surface area contributed by atoms with Crippen molar-refractivity contribution in [2.45, 2.75) is 44.9 Å². The molecule has 1 saturated heterocycles. The number of rotatable bonds is 4. The van der Waals surface area contributed by atoms with Crippen molar-refractivity contribution in [1.82, 2.24) is 24.8 Å². The van der Waals surface area contributed by atoms with E-state index in [9.17, 15) is 4.79 Å². The molecule has 1 aromatic carbocycles. The van der Waals surface area contributed by atoms with Gasteiger partial charge in [-0.25, -0.2) is 20.7 Å². The zero-order valence-electron chi connectivity index (χ0n) is 16.0. The summed E-state index contributed by atoms with van der Waals surface area (Å²) in [6.07, 6.45) is 5.56. The van der Waals surface area contributed by atoms with Gasteiger partial charge in [-0.3, -0.25) is 9.74 Å². The van der Waals surface area contributed by atoms with Crippen molar-refractivity contribution < 1.29 is 9.53 Å². The number of benzene rings is 1. The van der Waals surface area contributed by atoms with Gasteiger partial charge in [-0.15, -0.1) is 5.10 Å². The number of carbonyl (C=O) groups is 1. The average Bonchev–Trinajstić information content (AvgIpc) is 3.51. The first-order chi connectivity index (χ1) is 14.7. The van der Waals surface area contributed by atoms with Gasteiger partial charge in [0.05, 0.1) is 36.7 Å². The molecule has 0 spiro atoms. The van der Waals surface area contributed by atoms with Crippen LogP contribution in [0, 0.1) is 6.57 Å². The zero-order chi connectivity index (χ0) is 20.2. The number of ether oxygens (including phenoxy) is 1. The van der Waals surface area contributed by atoms with Crippen LogP contribution in [-0.4, -0.2) is 43.0 Å². The SMILES string of the molecule is [C-]#[N+]Cn1cc2c(n1)CN(c1ccc3c(c1)C[C@H]1[C@H](Cn4ccnn4)OC(=O)N31)C2. The van der Waals surface area contributed by atoms with E-state index in [1.807, 2.05) is 12.3 Å². The van der Waals surface area contributed by atoms with Crippen LogP contribution in [0.25, 0.3) is 4.85 Å². The number of fused-ring (bicyclic) bond motifs is 4. The topological polar surface area (TPSA) is 85.7 Å². The molecule has 0 radical (unpaired) electrons. The van der Waals surface area contributed by atoms with Crippen LogP contribution in [0.15, 0.2) is 36.8 Å². The molecule has 0 unspecified atom stereocenters. The Kier molecular flexibility index (Phi) is 3.59. The van der Waals surface area contributed by atoms with Crippen molar-refractivity contribution in [3.05, 3.63) is 65.0 Å². The summed E-state index contributed by atoms with van der Waals surface area (Å²) in [5, 5.41) is 12.3. The molecule has 10 nitrogen and oxygen atoms in total. The Morgan fingerprint density at radius 3 is 2.97 bits per heavy atom. The smallest absolute Gasteiger partial charge is 0.415 e. The van der Waals surface area contributed by atoms with Gasteiger partial charge in [0, 0.05) is 30.2 Å². The fraction of sp³-hybridized carbons (Fsp3) is 0.350. The minimum absolute atomic E-state index is 0.0285. The Hall–Kier alpha value is -3.87. The third-order valence-corrected chi connectivity index (χ3v) is 6.01. The third-order valence-electron chi connectivity index (χ3n) is 6.01. The predicted octanol–water partition coefficient (Wildman–Crippen LogP) is 1.82. The molecule has 0 saturated carbocycles. The van der Waals surface area contributed by atoms with Gasteiger partial charge in [0.15, 0.2) is 0 Å². The predicted molar refractivity (Wildman–Crippen MR) is 105 cm³/mol. The second-order valence-electron chi connectivity index (χ2n) is 7.80. The monoisotopic (exact) mass is 402 g/mol. The summed E-state index contributed by atoms with van der Waals surface area (Å²) in [6, 6.07) is 6.21. The number of cyclic esters (lactones) is 1. The molecular weight excluding hydrogens is 384 g/mol. The van der Waals surface area contributed by atoms with Gasteiger partial charge in [0.2, 0.25) is 0 Å². The van der Waals surface area contributed by atoms with Crippen LogP contribution in [0.5, 0.6) is 0 Å². The second-order valence-corrected chi connectivity index (χ2v) is 7.80. The number of nitrogens with zero attached hydrogens (tertiary/aromatic N) is 8. The van der Waals surface area contributed by atoms with E-state index in [1.54, 1.807) is 26.7 Å². The molecule has 3 aliphatic rings. The Labute approximate surface area is 172 Å². The molecule has 0 N–H and O–H groups in total. The van der Waals surface area contributed by atoms with E-state index in [0.29, 0.717) is 6.54 Å². The van der Waals surface area contributed by atoms with Crippen LogP contribution >= 0.6 is 0 Å². The van der Waals surface area contributed by atoms with E-state index in [0.717, 1.165) is 47.7 Å². The van der Waals surface area contributed by atoms with Crippen LogP contribution in [0.3, 0.4) is 0 Å². The number of anilines is 2. The maximum absolute atomic E-state index is 12.5. The van der Waals surface area contributed by atoms with E-state index in [-0.39, 0.29) is 24.9 Å². The number of hydrogen-bond donors (Lipinski definition) is 0. The molecule has 0 bridgehead atoms. The minimum atomic E-state index is -0.299. The molecule has 2 atom stereocenters. The van der Waals surface area contributed by atoms with Crippen molar-refractivity contribution in [1.29, 1.82) is 0 Å². The molecule has 150 valence electrons. The van der Waals surface area contributed by atoms with Crippen molar-refractivity contribution in [2.24, 2.45) is 0 Å². The van der Waals surface area contributed by atoms with Gasteiger partial charge in [0.1, 0.15) is 6.10 Å². The summed E-state index contributed by atoms with van der Waals surface area (Å²) < 4.78 is 9.01. The van der Waals surface area contributed by atoms with Crippen molar-refractivity contribution in [3.8, 4) is 0 Å². The second kappa shape index (κ2) is 6.32. The highest BCUT2D eigenvalue weighted by Gasteiger charge is 2.47. The van der Waals surface area contributed by atoms with Crippen LogP contribution in [0.1, 0.15) is 16.8 Å². The van der Waals surface area contributed by atoms with Gasteiger partial charge < -0.3 is 9.64 Å². The lowest BCUT2D eigenvalue weighted by molar-refractivity contribution is 0.117. The lowest BCUT2D eigenvalue weighted by atomic mass is 10.0. The van der Waals surface area contributed by atoms with Gasteiger partial charge in [-0.05, 0) is 30.2 Å². The standard InChI is InChI=1S/C20H18N8O2/c1-21-12-27-9-14-8-25(10-16(14)23-27)15-2-3-17-13(6-15)7-18-19(30-20(29)28(17)18)11-26-5-4-22-24-26/h2-6,9,18-19H,7-8,10-12H2/t18-,19-/m0/s1. The van der Waals surface area contributed by atoms with Crippen LogP contribution in [-0.2, 0) is 37.5 Å². The lowest BCUT2D eigenvalue weighted by Crippen LogP contribution is -2.35. The van der Waals surface area contributed by atoms with E-state index in [2.05, 4.69) is 37.3 Å². The molecule has 3 aliphatic heterocycles. The average molecular weight is 402 g/mol. The number of hydrogen-bond acceptors (Lipinski definition) is 6. The first kappa shape index (κ1) is 17.0. The number of aromatic nitrogens is 5. The summed E-state index contributed by atoms with van der Waals surface area (Å²) in [7, 11) is 0. The maximum Gasteiger partial charge on any atom is 0.415 e. The highest BCUT2D eigenvalue weighted by Crippen LogP contribution is 2.41. The quantitative estimate of drug-likeness (QED) is 0.619. The van der Waals surface area contributed by atoms with Gasteiger partial charge in [-0.2, -0.15) is 5.10 Å². The summed E-state index contributed by atoms with van der Waals surface area (Å²) in [4.78, 5) is 19.9. The van der Waals surface area contributed by atoms with Crippen molar-refractivity contribution >= 4 is 17.5 Å². The Bertz CT molecular complexity index is 1150. The molecule has 2 aromatic heterocycles. The van der Waals surface area contributed by atoms with Crippen LogP contribution < -0.4 is 9.80 Å². The molecule has 3 aromatic rings. The Morgan fingerprint density at radius 1 is 1.23 bits per heavy atom. The Balaban J connectivity index is 1.22. The van der Waals surface area contributed by atoms with E-state index in [4.69, 9.17) is 11.3 Å². The molecule has 6 rings (SSSR count). The van der Waals surface area contributed by atoms with E-state index in [1.165, 1.54) is 0 Å². The summed E-state index contributed by atoms with van der Waals surface area (Å²) >= 11 is 0. The van der Waals surface area contributed by atoms with Gasteiger partial charge >= 0.3 is 12.8 Å². The highest BCUT2D eigenvalue weighted by atomic mass is 16.6. The van der Waals surface area contributed by atoms with Gasteiger partial charge in [0.25, 0.3) is 0 Å². The molecule has 30 heavy (non-hydrogen) atoms. The molecule has 1 amide bonds. The van der Waals surface area contributed by atoms with Gasteiger partial charge in [-0.1, -0.05) is 5.21 Å². The molecule has 10 heteroatoms. The van der Waals surface area contributed by atoms with Crippen molar-refractivity contribution in [2.75, 3.05) is 9.80 Å². The summed E-state index contributed by atoms with van der Waals surface area (Å²) in [6.45, 7) is 9.24. The molecular formula is C20H18N8O2. The minimum Gasteiger partial charge on any atom is -0.442 e. The maximum atomic E-state index is 12.5. The largest absolute Gasteiger partial charge is 0.442 e. The first-order valence-electron chi connectivity index (χ1n) is 9.80. The van der Waals surface area contributed by atoms with E-state index >= 15 is 0 Å². The normalized spacial score (nSPS) is 21.4. The third kappa shape index (κ3) is 2.55. The fourth-order valence-corrected chi connectivity index (χ4v) is 4.67. The number of carbonyl (C=O) groups excluding carboxylic acids is 1. The first-order valence-corrected chi connectivity index (χ1v) is 9.80. The fourth-order valence-electron chi connectivity index (χ4n) is 4.67. The highest BCUT2D eigenvalue weighted by molar-refractivity contribution is 5.94. The summed E-state index contributed by atoms with van der Waals surface area (Å²) in [5.41, 5.74) is 5.38. The van der Waals surface area contributed by atoms with Crippen LogP contribution in [0.4, 0.5) is 16.2 Å². The van der Waals surface area contributed by atoms with E-state index < -0.39 is 0 Å². The van der Waals surface area contributed by atoms with Crippen molar-refractivity contribution in [3.63, 3.8) is 0 Å². The molecule has 5 heterocycles. The molecule has 1 fully saturated rings. The molecule has 0 aliphatic carbocycles. The lowest BCUT2D eigenvalue weighted by Gasteiger charge is -2.19.